The maximum atomic E-state index is 12.6. The second kappa shape index (κ2) is 6.52. The third-order valence-electron chi connectivity index (χ3n) is 4.11. The summed E-state index contributed by atoms with van der Waals surface area (Å²) in [5.41, 5.74) is 1.04. The van der Waals surface area contributed by atoms with Gasteiger partial charge >= 0.3 is 5.97 Å². The first kappa shape index (κ1) is 15.2. The number of hydrogen-bond acceptors (Lipinski definition) is 3. The number of hydrogen-bond donors (Lipinski definition) is 1. The minimum absolute atomic E-state index is 0.0545. The summed E-state index contributed by atoms with van der Waals surface area (Å²) in [6, 6.07) is 1.65. The van der Waals surface area contributed by atoms with Crippen LogP contribution in [-0.4, -0.2) is 40.0 Å². The highest BCUT2D eigenvalue weighted by Gasteiger charge is 2.27. The number of likely N-dealkylation sites (tertiary alicyclic amines) is 1. The number of aromatic nitrogens is 1. The Labute approximate surface area is 124 Å². The van der Waals surface area contributed by atoms with Gasteiger partial charge in [-0.1, -0.05) is 13.8 Å². The van der Waals surface area contributed by atoms with Crippen molar-refractivity contribution >= 4 is 18.0 Å². The molecule has 0 saturated carbocycles. The molecule has 1 aliphatic heterocycles. The lowest BCUT2D eigenvalue weighted by molar-refractivity contribution is -0.131. The summed E-state index contributed by atoms with van der Waals surface area (Å²) in [5, 5.41) is 8.71. The van der Waals surface area contributed by atoms with Crippen LogP contribution in [0.4, 0.5) is 0 Å². The van der Waals surface area contributed by atoms with Gasteiger partial charge in [-0.2, -0.15) is 0 Å². The van der Waals surface area contributed by atoms with Crippen LogP contribution in [0.3, 0.4) is 0 Å². The number of aliphatic carboxylic acids is 1. The zero-order chi connectivity index (χ0) is 15.4. The molecule has 0 radical (unpaired) electrons. The molecular formula is C16H20N2O3. The second-order valence-electron chi connectivity index (χ2n) is 5.63. The van der Waals surface area contributed by atoms with E-state index in [2.05, 4.69) is 18.8 Å². The third kappa shape index (κ3) is 3.68. The predicted octanol–water partition coefficient (Wildman–Crippen LogP) is 2.30. The maximum Gasteiger partial charge on any atom is 0.328 e. The monoisotopic (exact) mass is 288 g/mol. The maximum absolute atomic E-state index is 12.6. The van der Waals surface area contributed by atoms with Gasteiger partial charge in [-0.3, -0.25) is 9.78 Å². The van der Waals surface area contributed by atoms with Crippen LogP contribution >= 0.6 is 0 Å². The average molecular weight is 288 g/mol. The van der Waals surface area contributed by atoms with E-state index in [4.69, 9.17) is 5.11 Å². The molecular weight excluding hydrogens is 268 g/mol. The summed E-state index contributed by atoms with van der Waals surface area (Å²) in [7, 11) is 0. The van der Waals surface area contributed by atoms with E-state index in [0.29, 0.717) is 23.0 Å². The molecule has 1 N–H and O–H groups in total. The normalized spacial score (nSPS) is 22.5. The Balaban J connectivity index is 2.21. The van der Waals surface area contributed by atoms with Gasteiger partial charge < -0.3 is 10.0 Å². The number of carboxylic acid groups (broad SMARTS) is 1. The van der Waals surface area contributed by atoms with Crippen molar-refractivity contribution in [3.8, 4) is 0 Å². The fourth-order valence-corrected chi connectivity index (χ4v) is 2.51. The van der Waals surface area contributed by atoms with Crippen molar-refractivity contribution in [2.45, 2.75) is 20.3 Å². The zero-order valence-electron chi connectivity index (χ0n) is 12.3. The first-order valence-electron chi connectivity index (χ1n) is 7.13. The van der Waals surface area contributed by atoms with Gasteiger partial charge in [-0.15, -0.1) is 0 Å². The van der Waals surface area contributed by atoms with Gasteiger partial charge in [0.15, 0.2) is 0 Å². The Hall–Kier alpha value is -2.17. The Morgan fingerprint density at radius 3 is 2.81 bits per heavy atom. The number of pyridine rings is 1. The van der Waals surface area contributed by atoms with Gasteiger partial charge in [0.05, 0.1) is 0 Å². The molecule has 0 spiro atoms. The third-order valence-corrected chi connectivity index (χ3v) is 4.11. The van der Waals surface area contributed by atoms with Gasteiger partial charge in [-0.25, -0.2) is 4.79 Å². The molecule has 5 heteroatoms. The molecule has 0 aromatic carbocycles. The van der Waals surface area contributed by atoms with Gasteiger partial charge in [-0.05, 0) is 30.4 Å². The van der Waals surface area contributed by atoms with Crippen molar-refractivity contribution in [2.24, 2.45) is 11.8 Å². The molecule has 1 amide bonds. The highest BCUT2D eigenvalue weighted by Crippen LogP contribution is 2.24. The molecule has 0 bridgehead atoms. The topological polar surface area (TPSA) is 70.5 Å². The van der Waals surface area contributed by atoms with Gasteiger partial charge in [0, 0.05) is 42.7 Å². The molecule has 21 heavy (non-hydrogen) atoms. The fourth-order valence-electron chi connectivity index (χ4n) is 2.51. The molecule has 2 rings (SSSR count). The first-order chi connectivity index (χ1) is 9.99. The van der Waals surface area contributed by atoms with Crippen LogP contribution in [0.25, 0.3) is 6.08 Å². The minimum Gasteiger partial charge on any atom is -0.478 e. The number of amides is 1. The van der Waals surface area contributed by atoms with Gasteiger partial charge in [0.25, 0.3) is 5.91 Å². The smallest absolute Gasteiger partial charge is 0.328 e. The molecule has 1 fully saturated rings. The number of carboxylic acids is 1. The molecule has 2 heterocycles. The van der Waals surface area contributed by atoms with E-state index >= 15 is 0 Å². The molecule has 2 unspecified atom stereocenters. The molecule has 1 saturated heterocycles. The lowest BCUT2D eigenvalue weighted by Crippen LogP contribution is -2.42. The van der Waals surface area contributed by atoms with Crippen molar-refractivity contribution < 1.29 is 14.7 Å². The van der Waals surface area contributed by atoms with Gasteiger partial charge in [0.1, 0.15) is 0 Å². The second-order valence-corrected chi connectivity index (χ2v) is 5.63. The molecule has 112 valence electrons. The molecule has 1 aromatic rings. The lowest BCUT2D eigenvalue weighted by Gasteiger charge is -2.35. The summed E-state index contributed by atoms with van der Waals surface area (Å²) in [4.78, 5) is 29.1. The fraction of sp³-hybridized carbons (Fsp3) is 0.438. The van der Waals surface area contributed by atoms with E-state index in [9.17, 15) is 9.59 Å². The number of carbonyl (C=O) groups excluding carboxylic acids is 1. The van der Waals surface area contributed by atoms with Crippen molar-refractivity contribution in [3.63, 3.8) is 0 Å². The van der Waals surface area contributed by atoms with Crippen LogP contribution in [0.1, 0.15) is 36.2 Å². The van der Waals surface area contributed by atoms with E-state index < -0.39 is 5.97 Å². The number of rotatable bonds is 3. The number of nitrogens with zero attached hydrogens (tertiary/aromatic N) is 2. The van der Waals surface area contributed by atoms with Crippen LogP contribution in [-0.2, 0) is 4.79 Å². The van der Waals surface area contributed by atoms with Gasteiger partial charge in [0.2, 0.25) is 0 Å². The minimum atomic E-state index is -1.04. The Morgan fingerprint density at radius 2 is 2.14 bits per heavy atom. The highest BCUT2D eigenvalue weighted by atomic mass is 16.4. The molecule has 1 aromatic heterocycles. The molecule has 5 nitrogen and oxygen atoms in total. The summed E-state index contributed by atoms with van der Waals surface area (Å²) in [6.45, 7) is 5.85. The Bertz CT molecular complexity index is 568. The van der Waals surface area contributed by atoms with Crippen molar-refractivity contribution in [1.82, 2.24) is 9.88 Å². The average Bonchev–Trinajstić information content (AvgIpc) is 2.47. The van der Waals surface area contributed by atoms with Crippen LogP contribution in [0.15, 0.2) is 24.5 Å². The van der Waals surface area contributed by atoms with Crippen molar-refractivity contribution in [1.29, 1.82) is 0 Å². The van der Waals surface area contributed by atoms with E-state index in [-0.39, 0.29) is 5.91 Å². The van der Waals surface area contributed by atoms with E-state index in [1.54, 1.807) is 12.3 Å². The largest absolute Gasteiger partial charge is 0.478 e. The van der Waals surface area contributed by atoms with E-state index in [1.807, 2.05) is 4.90 Å². The highest BCUT2D eigenvalue weighted by molar-refractivity contribution is 5.98. The van der Waals surface area contributed by atoms with E-state index in [0.717, 1.165) is 25.6 Å². The SMILES string of the molecule is CC1CCN(C(=O)c2ccncc2/C=C/C(=O)O)CC1C. The number of piperidine rings is 1. The Morgan fingerprint density at radius 1 is 1.38 bits per heavy atom. The summed E-state index contributed by atoms with van der Waals surface area (Å²) >= 11 is 0. The van der Waals surface area contributed by atoms with Crippen molar-refractivity contribution in [3.05, 3.63) is 35.7 Å². The van der Waals surface area contributed by atoms with Crippen LogP contribution in [0.2, 0.25) is 0 Å². The molecule has 1 aliphatic rings. The van der Waals surface area contributed by atoms with Crippen LogP contribution in [0.5, 0.6) is 0 Å². The molecule has 2 atom stereocenters. The summed E-state index contributed by atoms with van der Waals surface area (Å²) in [5.74, 6) is -0.000670. The summed E-state index contributed by atoms with van der Waals surface area (Å²) < 4.78 is 0. The van der Waals surface area contributed by atoms with Crippen molar-refractivity contribution in [2.75, 3.05) is 13.1 Å². The van der Waals surface area contributed by atoms with Crippen LogP contribution < -0.4 is 0 Å². The standard InChI is InChI=1S/C16H20N2O3/c1-11-6-8-18(10-12(11)2)16(21)14-5-7-17-9-13(14)3-4-15(19)20/h3-5,7,9,11-12H,6,8,10H2,1-2H3,(H,19,20)/b4-3+. The first-order valence-corrected chi connectivity index (χ1v) is 7.13. The number of carbonyl (C=O) groups is 2. The zero-order valence-corrected chi connectivity index (χ0v) is 12.3. The predicted molar refractivity (Wildman–Crippen MR) is 79.8 cm³/mol. The quantitative estimate of drug-likeness (QED) is 0.866. The Kier molecular flexibility index (Phi) is 4.73. The lowest BCUT2D eigenvalue weighted by atomic mass is 9.88. The van der Waals surface area contributed by atoms with E-state index in [1.165, 1.54) is 12.3 Å². The van der Waals surface area contributed by atoms with Crippen LogP contribution in [0, 0.1) is 11.8 Å². The molecule has 0 aliphatic carbocycles. The summed E-state index contributed by atoms with van der Waals surface area (Å²) in [6.07, 6.45) is 6.51.